The van der Waals surface area contributed by atoms with Crippen LogP contribution in [-0.4, -0.2) is 65.4 Å². The Morgan fingerprint density at radius 2 is 2.00 bits per heavy atom. The number of amides is 3. The van der Waals surface area contributed by atoms with Crippen molar-refractivity contribution in [3.63, 3.8) is 0 Å². The minimum Gasteiger partial charge on any atom is -0.472 e. The standard InChI is InChI=1S/C26H28F2N6O5/c1-3-33-13-21(22(39-33)16-9-10-19(27)20(28)11-16)30-25(35)31-23-15(2)24(37-14-18-12-29-26(36)38-18)32-34(23)17-7-5-4-6-8-17/h4-11,18,21-22H,3,12-14H2,1-2H3,(H,29,36)(H2,30,31,35)/t18?,21-,22+/m1/s1. The van der Waals surface area contributed by atoms with Crippen LogP contribution in [0.3, 0.4) is 0 Å². The predicted octanol–water partition coefficient (Wildman–Crippen LogP) is 3.44. The van der Waals surface area contributed by atoms with E-state index in [2.05, 4.69) is 21.0 Å². The van der Waals surface area contributed by atoms with Gasteiger partial charge in [-0.25, -0.2) is 23.1 Å². The van der Waals surface area contributed by atoms with E-state index in [1.807, 2.05) is 37.3 Å². The number of hydroxylamine groups is 2. The molecule has 2 fully saturated rings. The van der Waals surface area contributed by atoms with Crippen LogP contribution in [0.4, 0.5) is 24.2 Å². The third-order valence-corrected chi connectivity index (χ3v) is 6.43. The Balaban J connectivity index is 1.35. The Morgan fingerprint density at radius 1 is 1.21 bits per heavy atom. The molecule has 3 atom stereocenters. The fourth-order valence-electron chi connectivity index (χ4n) is 4.42. The summed E-state index contributed by atoms with van der Waals surface area (Å²) < 4.78 is 39.9. The average Bonchev–Trinajstić information content (AvgIpc) is 3.62. The number of likely N-dealkylation sites (N-methyl/N-ethyl adjacent to an activating group) is 1. The molecule has 5 rings (SSSR count). The molecular weight excluding hydrogens is 514 g/mol. The number of hydrogen-bond acceptors (Lipinski definition) is 7. The van der Waals surface area contributed by atoms with E-state index in [0.29, 0.717) is 42.3 Å². The smallest absolute Gasteiger partial charge is 0.407 e. The fourth-order valence-corrected chi connectivity index (χ4v) is 4.42. The summed E-state index contributed by atoms with van der Waals surface area (Å²) in [4.78, 5) is 30.4. The number of carbonyl (C=O) groups excluding carboxylic acids is 2. The van der Waals surface area contributed by atoms with Gasteiger partial charge in [0.25, 0.3) is 0 Å². The van der Waals surface area contributed by atoms with Crippen LogP contribution >= 0.6 is 0 Å². The van der Waals surface area contributed by atoms with Crippen molar-refractivity contribution in [3.05, 3.63) is 71.3 Å². The number of anilines is 1. The lowest BCUT2D eigenvalue weighted by Crippen LogP contribution is -2.42. The molecule has 0 radical (unpaired) electrons. The van der Waals surface area contributed by atoms with Gasteiger partial charge in [-0.1, -0.05) is 31.2 Å². The van der Waals surface area contributed by atoms with Gasteiger partial charge in [-0.2, -0.15) is 5.06 Å². The summed E-state index contributed by atoms with van der Waals surface area (Å²) in [7, 11) is 0. The number of nitrogens with zero attached hydrogens (tertiary/aromatic N) is 3. The van der Waals surface area contributed by atoms with Crippen LogP contribution < -0.4 is 20.7 Å². The lowest BCUT2D eigenvalue weighted by Gasteiger charge is -2.19. The van der Waals surface area contributed by atoms with Crippen LogP contribution in [0.25, 0.3) is 5.69 Å². The minimum atomic E-state index is -0.993. The second kappa shape index (κ2) is 11.3. The Hall–Kier alpha value is -4.23. The van der Waals surface area contributed by atoms with E-state index < -0.39 is 42.0 Å². The number of urea groups is 1. The number of ether oxygens (including phenoxy) is 2. The lowest BCUT2D eigenvalue weighted by atomic mass is 10.0. The van der Waals surface area contributed by atoms with Crippen molar-refractivity contribution < 1.29 is 32.7 Å². The summed E-state index contributed by atoms with van der Waals surface area (Å²) in [5, 5.41) is 14.5. The maximum Gasteiger partial charge on any atom is 0.407 e. The molecule has 13 heteroatoms. The summed E-state index contributed by atoms with van der Waals surface area (Å²) in [5.74, 6) is -1.33. The quantitative estimate of drug-likeness (QED) is 0.399. The number of benzene rings is 2. The molecule has 3 N–H and O–H groups in total. The van der Waals surface area contributed by atoms with Gasteiger partial charge in [0.05, 0.1) is 23.8 Å². The van der Waals surface area contributed by atoms with Gasteiger partial charge in [0, 0.05) is 13.1 Å². The highest BCUT2D eigenvalue weighted by Gasteiger charge is 2.36. The molecular formula is C26H28F2N6O5. The third kappa shape index (κ3) is 5.78. The Bertz CT molecular complexity index is 1350. The summed E-state index contributed by atoms with van der Waals surface area (Å²) in [6, 6.07) is 11.6. The molecule has 11 nitrogen and oxygen atoms in total. The third-order valence-electron chi connectivity index (χ3n) is 6.43. The van der Waals surface area contributed by atoms with Crippen LogP contribution in [0.5, 0.6) is 5.88 Å². The number of hydrogen-bond donors (Lipinski definition) is 3. The number of rotatable bonds is 8. The van der Waals surface area contributed by atoms with Crippen molar-refractivity contribution in [2.24, 2.45) is 0 Å². The molecule has 3 aromatic rings. The van der Waals surface area contributed by atoms with Crippen molar-refractivity contribution >= 4 is 17.9 Å². The molecule has 39 heavy (non-hydrogen) atoms. The van der Waals surface area contributed by atoms with E-state index in [1.165, 1.54) is 6.07 Å². The molecule has 2 aliphatic rings. The lowest BCUT2D eigenvalue weighted by molar-refractivity contribution is -0.144. The molecule has 1 unspecified atom stereocenters. The zero-order chi connectivity index (χ0) is 27.5. The second-order valence-electron chi connectivity index (χ2n) is 9.13. The van der Waals surface area contributed by atoms with E-state index in [9.17, 15) is 18.4 Å². The topological polar surface area (TPSA) is 119 Å². The molecule has 0 spiro atoms. The Morgan fingerprint density at radius 3 is 2.69 bits per heavy atom. The first-order valence-corrected chi connectivity index (χ1v) is 12.5. The van der Waals surface area contributed by atoms with Crippen molar-refractivity contribution in [1.29, 1.82) is 0 Å². The molecule has 0 bridgehead atoms. The van der Waals surface area contributed by atoms with Gasteiger partial charge in [0.1, 0.15) is 18.5 Å². The fraction of sp³-hybridized carbons (Fsp3) is 0.346. The molecule has 2 saturated heterocycles. The number of nitrogens with one attached hydrogen (secondary N) is 3. The van der Waals surface area contributed by atoms with Crippen molar-refractivity contribution in [2.45, 2.75) is 32.1 Å². The minimum absolute atomic E-state index is 0.0825. The zero-order valence-electron chi connectivity index (χ0n) is 21.3. The molecule has 1 aromatic heterocycles. The number of para-hydroxylation sites is 1. The predicted molar refractivity (Wildman–Crippen MR) is 135 cm³/mol. The van der Waals surface area contributed by atoms with Crippen LogP contribution in [0.2, 0.25) is 0 Å². The van der Waals surface area contributed by atoms with Crippen molar-refractivity contribution in [1.82, 2.24) is 25.5 Å². The van der Waals surface area contributed by atoms with E-state index >= 15 is 0 Å². The Labute approximate surface area is 223 Å². The van der Waals surface area contributed by atoms with Crippen LogP contribution in [0, 0.1) is 18.6 Å². The summed E-state index contributed by atoms with van der Waals surface area (Å²) in [6.45, 7) is 4.91. The molecule has 3 heterocycles. The molecule has 0 aliphatic carbocycles. The zero-order valence-corrected chi connectivity index (χ0v) is 21.3. The van der Waals surface area contributed by atoms with Crippen LogP contribution in [0.1, 0.15) is 24.2 Å². The molecule has 2 aliphatic heterocycles. The largest absolute Gasteiger partial charge is 0.472 e. The van der Waals surface area contributed by atoms with E-state index in [-0.39, 0.29) is 12.5 Å². The average molecular weight is 543 g/mol. The van der Waals surface area contributed by atoms with Gasteiger partial charge in [-0.3, -0.25) is 10.2 Å². The molecule has 3 amide bonds. The maximum absolute atomic E-state index is 13.9. The van der Waals surface area contributed by atoms with Gasteiger partial charge >= 0.3 is 12.1 Å². The van der Waals surface area contributed by atoms with Crippen molar-refractivity contribution in [2.75, 3.05) is 31.6 Å². The van der Waals surface area contributed by atoms with Crippen molar-refractivity contribution in [3.8, 4) is 11.6 Å². The second-order valence-corrected chi connectivity index (χ2v) is 9.13. The van der Waals surface area contributed by atoms with E-state index in [0.717, 1.165) is 12.1 Å². The Kier molecular flexibility index (Phi) is 7.61. The number of alkyl carbamates (subject to hydrolysis) is 1. The monoisotopic (exact) mass is 542 g/mol. The van der Waals surface area contributed by atoms with Gasteiger partial charge < -0.3 is 20.1 Å². The van der Waals surface area contributed by atoms with Gasteiger partial charge in [0.15, 0.2) is 17.7 Å². The first-order chi connectivity index (χ1) is 18.8. The highest BCUT2D eigenvalue weighted by atomic mass is 19.2. The van der Waals surface area contributed by atoms with Gasteiger partial charge in [-0.15, -0.1) is 5.10 Å². The number of carbonyl (C=O) groups is 2. The number of cyclic esters (lactones) is 1. The van der Waals surface area contributed by atoms with Gasteiger partial charge in [-0.05, 0) is 36.8 Å². The SMILES string of the molecule is CCN1C[C@@H](NC(=O)Nc2c(C)c(OCC3CNC(=O)O3)nn2-c2ccccc2)[C@H](c2ccc(F)c(F)c2)O1. The van der Waals surface area contributed by atoms with Gasteiger partial charge in [0.2, 0.25) is 5.88 Å². The highest BCUT2D eigenvalue weighted by Crippen LogP contribution is 2.31. The van der Waals surface area contributed by atoms with Crippen LogP contribution in [0.15, 0.2) is 48.5 Å². The number of halogens is 2. The molecule has 206 valence electrons. The summed E-state index contributed by atoms with van der Waals surface area (Å²) in [5.41, 5.74) is 1.64. The number of aromatic nitrogens is 2. The molecule has 0 saturated carbocycles. The first kappa shape index (κ1) is 26.4. The summed E-state index contributed by atoms with van der Waals surface area (Å²) >= 11 is 0. The molecule has 2 aromatic carbocycles. The van der Waals surface area contributed by atoms with E-state index in [1.54, 1.807) is 16.7 Å². The highest BCUT2D eigenvalue weighted by molar-refractivity contribution is 5.90. The summed E-state index contributed by atoms with van der Waals surface area (Å²) in [6.07, 6.45) is -1.68. The first-order valence-electron chi connectivity index (χ1n) is 12.5. The van der Waals surface area contributed by atoms with E-state index in [4.69, 9.17) is 14.3 Å². The van der Waals surface area contributed by atoms with Crippen LogP contribution in [-0.2, 0) is 9.57 Å². The maximum atomic E-state index is 13.9. The normalized spacial score (nSPS) is 20.9.